The molecule has 0 spiro atoms. The van der Waals surface area contributed by atoms with Gasteiger partial charge in [0.2, 0.25) is 0 Å². The Bertz CT molecular complexity index is 696. The molecule has 2 aromatic rings. The predicted molar refractivity (Wildman–Crippen MR) is 92.4 cm³/mol. The van der Waals surface area contributed by atoms with Gasteiger partial charge in [0.1, 0.15) is 5.82 Å². The van der Waals surface area contributed by atoms with E-state index in [0.29, 0.717) is 11.3 Å². The number of hydrogen-bond donors (Lipinski definition) is 1. The van der Waals surface area contributed by atoms with Crippen LogP contribution >= 0.6 is 0 Å². The van der Waals surface area contributed by atoms with E-state index in [0.717, 1.165) is 31.3 Å². The van der Waals surface area contributed by atoms with Crippen LogP contribution in [0.4, 0.5) is 14.6 Å². The number of aromatic nitrogens is 2. The molecule has 1 saturated carbocycles. The van der Waals surface area contributed by atoms with Gasteiger partial charge in [-0.3, -0.25) is 0 Å². The Morgan fingerprint density at radius 1 is 1.17 bits per heavy atom. The highest BCUT2D eigenvalue weighted by Crippen LogP contribution is 2.39. The molecule has 0 radical (unpaired) electrons. The van der Waals surface area contributed by atoms with Crippen LogP contribution in [0.15, 0.2) is 24.3 Å². The maximum Gasteiger partial charge on any atom is 0.297 e. The normalized spacial score (nSPS) is 17.1. The van der Waals surface area contributed by atoms with Crippen molar-refractivity contribution in [1.29, 1.82) is 0 Å². The molecule has 0 saturated heterocycles. The number of alkyl halides is 2. The summed E-state index contributed by atoms with van der Waals surface area (Å²) in [7, 11) is 4.16. The number of fused-ring (bicyclic) bond motifs is 1. The fourth-order valence-corrected chi connectivity index (χ4v) is 3.78. The molecule has 130 valence electrons. The minimum Gasteiger partial charge on any atom is -0.369 e. The number of anilines is 1. The van der Waals surface area contributed by atoms with Crippen LogP contribution in [0.2, 0.25) is 0 Å². The minimum absolute atomic E-state index is 0.181. The predicted octanol–water partition coefficient (Wildman–Crippen LogP) is 4.10. The van der Waals surface area contributed by atoms with E-state index in [1.54, 1.807) is 12.1 Å². The van der Waals surface area contributed by atoms with Gasteiger partial charge in [-0.15, -0.1) is 0 Å². The molecular weight excluding hydrogens is 310 g/mol. The zero-order valence-electron chi connectivity index (χ0n) is 14.2. The number of nitrogens with one attached hydrogen (secondary N) is 1. The van der Waals surface area contributed by atoms with Crippen molar-refractivity contribution in [3.8, 4) is 0 Å². The molecule has 0 atom stereocenters. The van der Waals surface area contributed by atoms with Gasteiger partial charge in [-0.1, -0.05) is 25.0 Å². The molecule has 0 unspecified atom stereocenters. The van der Waals surface area contributed by atoms with Gasteiger partial charge in [-0.25, -0.2) is 18.7 Å². The Morgan fingerprint density at radius 3 is 2.54 bits per heavy atom. The molecule has 0 bridgehead atoms. The highest BCUT2D eigenvalue weighted by Gasteiger charge is 2.34. The average Bonchev–Trinajstić information content (AvgIpc) is 3.00. The summed E-state index contributed by atoms with van der Waals surface area (Å²) in [5.74, 6) is 0.102. The van der Waals surface area contributed by atoms with Gasteiger partial charge in [0.15, 0.2) is 5.82 Å². The van der Waals surface area contributed by atoms with Crippen LogP contribution < -0.4 is 5.32 Å². The Morgan fingerprint density at radius 2 is 1.88 bits per heavy atom. The van der Waals surface area contributed by atoms with E-state index in [2.05, 4.69) is 34.3 Å². The van der Waals surface area contributed by atoms with Gasteiger partial charge in [-0.05, 0) is 39.1 Å². The average molecular weight is 334 g/mol. The fourth-order valence-electron chi connectivity index (χ4n) is 3.78. The van der Waals surface area contributed by atoms with Crippen molar-refractivity contribution in [2.75, 3.05) is 32.5 Å². The zero-order valence-corrected chi connectivity index (χ0v) is 14.2. The lowest BCUT2D eigenvalue weighted by molar-refractivity contribution is 0.141. The van der Waals surface area contributed by atoms with Crippen molar-refractivity contribution < 1.29 is 8.78 Å². The third kappa shape index (κ3) is 3.64. The lowest BCUT2D eigenvalue weighted by Gasteiger charge is -2.32. The first-order chi connectivity index (χ1) is 11.5. The fraction of sp³-hybridized carbons (Fsp3) is 0.556. The van der Waals surface area contributed by atoms with Crippen LogP contribution in [0, 0.1) is 5.41 Å². The van der Waals surface area contributed by atoms with Crippen molar-refractivity contribution in [3.05, 3.63) is 30.1 Å². The van der Waals surface area contributed by atoms with E-state index < -0.39 is 12.2 Å². The Labute approximate surface area is 141 Å². The summed E-state index contributed by atoms with van der Waals surface area (Å²) in [6, 6.07) is 7.31. The maximum absolute atomic E-state index is 13.1. The molecule has 0 aliphatic heterocycles. The van der Waals surface area contributed by atoms with Gasteiger partial charge in [-0.2, -0.15) is 0 Å². The second-order valence-corrected chi connectivity index (χ2v) is 7.05. The summed E-state index contributed by atoms with van der Waals surface area (Å²) in [5.41, 5.74) is 0.735. The lowest BCUT2D eigenvalue weighted by Crippen LogP contribution is -2.37. The van der Waals surface area contributed by atoms with E-state index in [9.17, 15) is 8.78 Å². The second kappa shape index (κ2) is 6.97. The third-order valence-electron chi connectivity index (χ3n) is 4.76. The van der Waals surface area contributed by atoms with E-state index in [1.165, 1.54) is 12.8 Å². The number of hydrogen-bond acceptors (Lipinski definition) is 4. The van der Waals surface area contributed by atoms with Crippen molar-refractivity contribution in [3.63, 3.8) is 0 Å². The summed E-state index contributed by atoms with van der Waals surface area (Å²) < 4.78 is 26.2. The van der Waals surface area contributed by atoms with Gasteiger partial charge in [0.05, 0.1) is 5.52 Å². The first kappa shape index (κ1) is 17.0. The van der Waals surface area contributed by atoms with Gasteiger partial charge in [0, 0.05) is 23.9 Å². The topological polar surface area (TPSA) is 41.0 Å². The summed E-state index contributed by atoms with van der Waals surface area (Å²) in [6.07, 6.45) is 2.09. The molecule has 1 aromatic carbocycles. The van der Waals surface area contributed by atoms with Crippen LogP contribution in [-0.4, -0.2) is 42.1 Å². The number of benzene rings is 1. The Hall–Kier alpha value is -1.82. The summed E-state index contributed by atoms with van der Waals surface area (Å²) in [5, 5.41) is 4.15. The second-order valence-electron chi connectivity index (χ2n) is 7.05. The smallest absolute Gasteiger partial charge is 0.297 e. The number of nitrogens with zero attached hydrogens (tertiary/aromatic N) is 3. The van der Waals surface area contributed by atoms with Crippen molar-refractivity contribution in [2.24, 2.45) is 5.41 Å². The van der Waals surface area contributed by atoms with E-state index in [4.69, 9.17) is 0 Å². The number of halogens is 2. The monoisotopic (exact) mass is 334 g/mol. The van der Waals surface area contributed by atoms with Crippen molar-refractivity contribution in [2.45, 2.75) is 32.1 Å². The third-order valence-corrected chi connectivity index (χ3v) is 4.76. The quantitative estimate of drug-likeness (QED) is 0.863. The SMILES string of the molecule is CN(C)CC1(CNc2nc(C(F)F)nc3ccccc23)CCCC1. The minimum atomic E-state index is -2.67. The van der Waals surface area contributed by atoms with Crippen LogP contribution in [0.25, 0.3) is 10.9 Å². The zero-order chi connectivity index (χ0) is 17.2. The first-order valence-electron chi connectivity index (χ1n) is 8.43. The molecule has 1 heterocycles. The Kier molecular flexibility index (Phi) is 4.94. The number of rotatable bonds is 6. The van der Waals surface area contributed by atoms with Crippen molar-refractivity contribution in [1.82, 2.24) is 14.9 Å². The first-order valence-corrected chi connectivity index (χ1v) is 8.43. The largest absolute Gasteiger partial charge is 0.369 e. The molecule has 0 amide bonds. The van der Waals surface area contributed by atoms with Gasteiger partial charge >= 0.3 is 0 Å². The van der Waals surface area contributed by atoms with Crippen molar-refractivity contribution >= 4 is 16.7 Å². The molecular formula is C18H24F2N4. The highest BCUT2D eigenvalue weighted by atomic mass is 19.3. The summed E-state index contributed by atoms with van der Waals surface area (Å²) in [4.78, 5) is 10.3. The molecule has 6 heteroatoms. The van der Waals surface area contributed by atoms with Crippen LogP contribution in [-0.2, 0) is 0 Å². The molecule has 24 heavy (non-hydrogen) atoms. The Balaban J connectivity index is 1.88. The lowest BCUT2D eigenvalue weighted by atomic mass is 9.85. The molecule has 1 fully saturated rings. The summed E-state index contributed by atoms with van der Waals surface area (Å²) >= 11 is 0. The molecule has 1 aliphatic rings. The van der Waals surface area contributed by atoms with E-state index in [1.807, 2.05) is 12.1 Å². The van der Waals surface area contributed by atoms with Crippen LogP contribution in [0.1, 0.15) is 37.9 Å². The van der Waals surface area contributed by atoms with E-state index >= 15 is 0 Å². The molecule has 4 nitrogen and oxygen atoms in total. The molecule has 1 N–H and O–H groups in total. The molecule has 3 rings (SSSR count). The van der Waals surface area contributed by atoms with Gasteiger partial charge in [0.25, 0.3) is 6.43 Å². The van der Waals surface area contributed by atoms with Gasteiger partial charge < -0.3 is 10.2 Å². The molecule has 1 aliphatic carbocycles. The number of para-hydroxylation sites is 1. The highest BCUT2D eigenvalue weighted by molar-refractivity contribution is 5.89. The van der Waals surface area contributed by atoms with E-state index in [-0.39, 0.29) is 5.41 Å². The maximum atomic E-state index is 13.1. The molecule has 1 aromatic heterocycles. The summed E-state index contributed by atoms with van der Waals surface area (Å²) in [6.45, 7) is 1.74. The van der Waals surface area contributed by atoms with Crippen LogP contribution in [0.3, 0.4) is 0 Å². The van der Waals surface area contributed by atoms with Crippen LogP contribution in [0.5, 0.6) is 0 Å². The standard InChI is InChI=1S/C18H24F2N4/c1-24(2)12-18(9-5-6-10-18)11-21-16-13-7-3-4-8-14(13)22-17(23-16)15(19)20/h3-4,7-8,15H,5-6,9-12H2,1-2H3,(H,21,22,23).